The van der Waals surface area contributed by atoms with Crippen molar-refractivity contribution in [3.05, 3.63) is 34.9 Å². The Morgan fingerprint density at radius 3 is 2.69 bits per heavy atom. The maximum Gasteiger partial charge on any atom is 0.223 e. The Morgan fingerprint density at radius 2 is 1.94 bits per heavy atom. The Morgan fingerprint density at radius 1 is 1.19 bits per heavy atom. The first-order valence-electron chi connectivity index (χ1n) is 5.81. The topological polar surface area (TPSA) is 29.1 Å². The van der Waals surface area contributed by atoms with E-state index in [9.17, 15) is 4.79 Å². The molecule has 2 aliphatic rings. The van der Waals surface area contributed by atoms with Gasteiger partial charge in [-0.25, -0.2) is 0 Å². The lowest BCUT2D eigenvalue weighted by atomic mass is 9.89. The summed E-state index contributed by atoms with van der Waals surface area (Å²) in [6.45, 7) is 0. The van der Waals surface area contributed by atoms with Crippen LogP contribution in [0.25, 0.3) is 0 Å². The second kappa shape index (κ2) is 3.77. The van der Waals surface area contributed by atoms with Gasteiger partial charge in [0.1, 0.15) is 0 Å². The molecule has 1 aliphatic heterocycles. The molecule has 3 heteroatoms. The van der Waals surface area contributed by atoms with Gasteiger partial charge in [-0.1, -0.05) is 30.2 Å². The van der Waals surface area contributed by atoms with Crippen LogP contribution in [-0.4, -0.2) is 5.91 Å². The van der Waals surface area contributed by atoms with E-state index < -0.39 is 0 Å². The van der Waals surface area contributed by atoms with Gasteiger partial charge in [0.15, 0.2) is 0 Å². The number of fused-ring (bicyclic) bond motifs is 1. The average Bonchev–Trinajstić information content (AvgIpc) is 2.84. The number of amides is 1. The van der Waals surface area contributed by atoms with Crippen LogP contribution in [-0.2, 0) is 4.79 Å². The molecule has 1 N–H and O–H groups in total. The second-order valence-electron chi connectivity index (χ2n) is 4.74. The van der Waals surface area contributed by atoms with Crippen molar-refractivity contribution in [2.45, 2.75) is 25.3 Å². The monoisotopic (exact) mass is 235 g/mol. The van der Waals surface area contributed by atoms with Crippen molar-refractivity contribution in [2.75, 3.05) is 0 Å². The number of rotatable bonds is 1. The van der Waals surface area contributed by atoms with Crippen LogP contribution < -0.4 is 5.32 Å². The average molecular weight is 236 g/mol. The minimum absolute atomic E-state index is 0.206. The molecule has 0 bridgehead atoms. The molecule has 3 rings (SSSR count). The summed E-state index contributed by atoms with van der Waals surface area (Å²) in [6, 6.07) is 8.04. The molecule has 1 aliphatic carbocycles. The Balaban J connectivity index is 1.90. The normalized spacial score (nSPS) is 32.6. The number of benzene rings is 1. The Hall–Kier alpha value is -1.02. The number of hydrogen-bond acceptors (Lipinski definition) is 1. The molecule has 3 atom stereocenters. The largest absolute Gasteiger partial charge is 0.349 e. The summed E-state index contributed by atoms with van der Waals surface area (Å²) >= 11 is 5.87. The van der Waals surface area contributed by atoms with Gasteiger partial charge in [-0.15, -0.1) is 0 Å². The lowest BCUT2D eigenvalue weighted by molar-refractivity contribution is -0.122. The fourth-order valence-electron chi connectivity index (χ4n) is 3.08. The highest BCUT2D eigenvalue weighted by Gasteiger charge is 2.45. The van der Waals surface area contributed by atoms with Crippen LogP contribution in [0.5, 0.6) is 0 Å². The zero-order chi connectivity index (χ0) is 11.1. The first-order chi connectivity index (χ1) is 7.75. The van der Waals surface area contributed by atoms with E-state index in [0.717, 1.165) is 17.9 Å². The molecule has 1 heterocycles. The second-order valence-corrected chi connectivity index (χ2v) is 5.18. The molecule has 0 radical (unpaired) electrons. The number of halogens is 1. The molecule has 2 nitrogen and oxygen atoms in total. The Labute approximate surface area is 100.0 Å². The van der Waals surface area contributed by atoms with Gasteiger partial charge in [0.05, 0.1) is 6.04 Å². The van der Waals surface area contributed by atoms with Gasteiger partial charge in [0.2, 0.25) is 5.91 Å². The first-order valence-corrected chi connectivity index (χ1v) is 6.19. The quantitative estimate of drug-likeness (QED) is 0.797. The van der Waals surface area contributed by atoms with E-state index in [1.165, 1.54) is 12.0 Å². The standard InChI is InChI=1S/C13H14ClNO/c14-9-6-4-8(5-7-9)12-10-2-1-3-11(10)13(16)15-12/h4-7,10-12H,1-3H2,(H,15,16). The van der Waals surface area contributed by atoms with E-state index in [2.05, 4.69) is 5.32 Å². The molecule has 2 fully saturated rings. The predicted molar refractivity (Wildman–Crippen MR) is 63.2 cm³/mol. The van der Waals surface area contributed by atoms with Crippen LogP contribution in [0, 0.1) is 11.8 Å². The summed E-state index contributed by atoms with van der Waals surface area (Å²) in [5, 5.41) is 3.86. The molecule has 16 heavy (non-hydrogen) atoms. The SMILES string of the molecule is O=C1NC(c2ccc(Cl)cc2)C2CCCC12. The fourth-order valence-corrected chi connectivity index (χ4v) is 3.21. The van der Waals surface area contributed by atoms with Gasteiger partial charge >= 0.3 is 0 Å². The van der Waals surface area contributed by atoms with Crippen molar-refractivity contribution in [3.8, 4) is 0 Å². The molecule has 1 saturated carbocycles. The highest BCUT2D eigenvalue weighted by Crippen LogP contribution is 2.44. The van der Waals surface area contributed by atoms with Crippen LogP contribution in [0.1, 0.15) is 30.9 Å². The maximum atomic E-state index is 11.8. The smallest absolute Gasteiger partial charge is 0.223 e. The Bertz CT molecular complexity index is 414. The zero-order valence-corrected chi connectivity index (χ0v) is 9.70. The lowest BCUT2D eigenvalue weighted by Crippen LogP contribution is -2.22. The van der Waals surface area contributed by atoms with Crippen molar-refractivity contribution >= 4 is 17.5 Å². The number of nitrogens with one attached hydrogen (secondary N) is 1. The van der Waals surface area contributed by atoms with Gasteiger partial charge in [0, 0.05) is 10.9 Å². The lowest BCUT2D eigenvalue weighted by Gasteiger charge is -2.17. The molecule has 0 spiro atoms. The number of hydrogen-bond donors (Lipinski definition) is 1. The van der Waals surface area contributed by atoms with E-state index in [1.54, 1.807) is 0 Å². The van der Waals surface area contributed by atoms with Gasteiger partial charge in [-0.2, -0.15) is 0 Å². The molecule has 1 amide bonds. The summed E-state index contributed by atoms with van der Waals surface area (Å²) in [6.07, 6.45) is 3.41. The van der Waals surface area contributed by atoms with E-state index in [-0.39, 0.29) is 17.9 Å². The van der Waals surface area contributed by atoms with Crippen LogP contribution >= 0.6 is 11.6 Å². The number of carbonyl (C=O) groups excluding carboxylic acids is 1. The summed E-state index contributed by atoms with van der Waals surface area (Å²) in [5.74, 6) is 0.983. The van der Waals surface area contributed by atoms with Crippen LogP contribution in [0.15, 0.2) is 24.3 Å². The molecule has 84 valence electrons. The van der Waals surface area contributed by atoms with Crippen LogP contribution in [0.2, 0.25) is 5.02 Å². The van der Waals surface area contributed by atoms with Crippen LogP contribution in [0.4, 0.5) is 0 Å². The Kier molecular flexibility index (Phi) is 2.40. The molecule has 0 aromatic heterocycles. The molecular weight excluding hydrogens is 222 g/mol. The molecular formula is C13H14ClNO. The van der Waals surface area contributed by atoms with Gasteiger partial charge in [-0.05, 0) is 36.5 Å². The molecule has 1 aromatic carbocycles. The molecule has 3 unspecified atom stereocenters. The van der Waals surface area contributed by atoms with Gasteiger partial charge in [-0.3, -0.25) is 4.79 Å². The minimum Gasteiger partial charge on any atom is -0.349 e. The fraction of sp³-hybridized carbons (Fsp3) is 0.462. The molecule has 1 saturated heterocycles. The summed E-state index contributed by atoms with van der Waals surface area (Å²) in [4.78, 5) is 11.8. The van der Waals surface area contributed by atoms with Crippen molar-refractivity contribution in [2.24, 2.45) is 11.8 Å². The van der Waals surface area contributed by atoms with Crippen molar-refractivity contribution in [1.82, 2.24) is 5.32 Å². The number of carbonyl (C=O) groups is 1. The van der Waals surface area contributed by atoms with Gasteiger partial charge in [0.25, 0.3) is 0 Å². The highest BCUT2D eigenvalue weighted by molar-refractivity contribution is 6.30. The minimum atomic E-state index is 0.206. The molecule has 1 aromatic rings. The predicted octanol–water partition coefficient (Wildman–Crippen LogP) is 2.93. The first kappa shape index (κ1) is 10.2. The van der Waals surface area contributed by atoms with E-state index >= 15 is 0 Å². The third-order valence-electron chi connectivity index (χ3n) is 3.86. The van der Waals surface area contributed by atoms with E-state index in [4.69, 9.17) is 11.6 Å². The maximum absolute atomic E-state index is 11.8. The third kappa shape index (κ3) is 1.52. The van der Waals surface area contributed by atoms with Crippen LogP contribution in [0.3, 0.4) is 0 Å². The summed E-state index contributed by atoms with van der Waals surface area (Å²) in [5.41, 5.74) is 1.19. The zero-order valence-electron chi connectivity index (χ0n) is 8.95. The summed E-state index contributed by atoms with van der Waals surface area (Å²) in [7, 11) is 0. The van der Waals surface area contributed by atoms with Crippen molar-refractivity contribution in [3.63, 3.8) is 0 Å². The summed E-state index contributed by atoms with van der Waals surface area (Å²) < 4.78 is 0. The van der Waals surface area contributed by atoms with E-state index in [0.29, 0.717) is 5.92 Å². The highest BCUT2D eigenvalue weighted by atomic mass is 35.5. The van der Waals surface area contributed by atoms with Crippen molar-refractivity contribution < 1.29 is 4.79 Å². The van der Waals surface area contributed by atoms with E-state index in [1.807, 2.05) is 24.3 Å². The van der Waals surface area contributed by atoms with Gasteiger partial charge < -0.3 is 5.32 Å². The third-order valence-corrected chi connectivity index (χ3v) is 4.11. The van der Waals surface area contributed by atoms with Crippen molar-refractivity contribution in [1.29, 1.82) is 0 Å².